The van der Waals surface area contributed by atoms with Gasteiger partial charge in [0.25, 0.3) is 0 Å². The molecule has 0 fully saturated rings. The summed E-state index contributed by atoms with van der Waals surface area (Å²) in [6.45, 7) is 5.73. The van der Waals surface area contributed by atoms with Gasteiger partial charge in [-0.05, 0) is 25.1 Å². The predicted octanol–water partition coefficient (Wildman–Crippen LogP) is 2.13. The first-order valence-electron chi connectivity index (χ1n) is 5.93. The molecule has 0 saturated heterocycles. The maximum Gasteiger partial charge on any atom is 0.340 e. The lowest BCUT2D eigenvalue weighted by Gasteiger charge is -2.07. The SMILES string of the molecule is [B]c1ccc(C=C)n2c(SC#N)c(C(=O)OCC)cc12. The summed E-state index contributed by atoms with van der Waals surface area (Å²) in [4.78, 5) is 12.0. The van der Waals surface area contributed by atoms with E-state index in [9.17, 15) is 4.79 Å². The summed E-state index contributed by atoms with van der Waals surface area (Å²) in [5.41, 5.74) is 2.26. The van der Waals surface area contributed by atoms with Crippen LogP contribution >= 0.6 is 11.8 Å². The Hall–Kier alpha value is -2.13. The molecule has 20 heavy (non-hydrogen) atoms. The Balaban J connectivity index is 2.79. The molecule has 0 amide bonds. The van der Waals surface area contributed by atoms with Crippen molar-refractivity contribution in [2.45, 2.75) is 11.9 Å². The lowest BCUT2D eigenvalue weighted by molar-refractivity contribution is 0.0522. The van der Waals surface area contributed by atoms with Crippen LogP contribution in [0.3, 0.4) is 0 Å². The van der Waals surface area contributed by atoms with Crippen molar-refractivity contribution in [3.8, 4) is 5.40 Å². The number of fused-ring (bicyclic) bond motifs is 1. The number of thiocyanates is 1. The van der Waals surface area contributed by atoms with Crippen LogP contribution in [0.4, 0.5) is 0 Å². The largest absolute Gasteiger partial charge is 0.462 e. The van der Waals surface area contributed by atoms with Gasteiger partial charge in [-0.2, -0.15) is 5.26 Å². The maximum atomic E-state index is 12.0. The fourth-order valence-corrected chi connectivity index (χ4v) is 2.59. The second-order valence-corrected chi connectivity index (χ2v) is 4.69. The minimum Gasteiger partial charge on any atom is -0.462 e. The molecule has 0 aliphatic heterocycles. The first-order chi connectivity index (χ1) is 9.63. The van der Waals surface area contributed by atoms with Crippen molar-refractivity contribution in [1.29, 1.82) is 5.26 Å². The molecule has 0 bridgehead atoms. The Morgan fingerprint density at radius 2 is 2.40 bits per heavy atom. The van der Waals surface area contributed by atoms with Gasteiger partial charge in [-0.3, -0.25) is 0 Å². The Morgan fingerprint density at radius 3 is 3.00 bits per heavy atom. The van der Waals surface area contributed by atoms with Crippen LogP contribution in [0.2, 0.25) is 0 Å². The maximum absolute atomic E-state index is 12.0. The lowest BCUT2D eigenvalue weighted by Crippen LogP contribution is -2.08. The second kappa shape index (κ2) is 5.89. The zero-order valence-electron chi connectivity index (χ0n) is 10.9. The van der Waals surface area contributed by atoms with Crippen molar-refractivity contribution >= 4 is 42.6 Å². The molecule has 0 unspecified atom stereocenters. The number of hydrogen-bond donors (Lipinski definition) is 0. The van der Waals surface area contributed by atoms with Crippen LogP contribution in [0.25, 0.3) is 11.6 Å². The molecule has 0 aliphatic rings. The van der Waals surface area contributed by atoms with Gasteiger partial charge in [0, 0.05) is 23.0 Å². The summed E-state index contributed by atoms with van der Waals surface area (Å²) in [6, 6.07) is 5.16. The number of carbonyl (C=O) groups excluding carboxylic acids is 1. The van der Waals surface area contributed by atoms with Gasteiger partial charge >= 0.3 is 5.97 Å². The molecule has 6 heteroatoms. The number of ether oxygens (including phenoxy) is 1. The summed E-state index contributed by atoms with van der Waals surface area (Å²) in [7, 11) is 5.93. The van der Waals surface area contributed by atoms with Crippen molar-refractivity contribution in [3.63, 3.8) is 0 Å². The first-order valence-corrected chi connectivity index (χ1v) is 6.75. The Labute approximate surface area is 122 Å². The van der Waals surface area contributed by atoms with Gasteiger partial charge in [0.1, 0.15) is 18.3 Å². The van der Waals surface area contributed by atoms with Gasteiger partial charge in [-0.15, -0.1) is 0 Å². The molecule has 2 heterocycles. The number of nitrogens with zero attached hydrogens (tertiary/aromatic N) is 2. The number of pyridine rings is 1. The third kappa shape index (κ3) is 2.32. The second-order valence-electron chi connectivity index (χ2n) is 3.92. The Morgan fingerprint density at radius 1 is 1.65 bits per heavy atom. The summed E-state index contributed by atoms with van der Waals surface area (Å²) in [6.07, 6.45) is 1.64. The summed E-state index contributed by atoms with van der Waals surface area (Å²) in [5, 5.41) is 11.4. The molecule has 0 aromatic carbocycles. The van der Waals surface area contributed by atoms with Crippen LogP contribution < -0.4 is 5.46 Å². The molecule has 0 saturated carbocycles. The molecule has 0 aliphatic carbocycles. The molecule has 2 rings (SSSR count). The zero-order chi connectivity index (χ0) is 14.7. The lowest BCUT2D eigenvalue weighted by atomic mass is 9.95. The molecular formula is C14H11BN2O2S. The average Bonchev–Trinajstić information content (AvgIpc) is 2.81. The van der Waals surface area contributed by atoms with E-state index in [2.05, 4.69) is 6.58 Å². The minimum atomic E-state index is -0.469. The van der Waals surface area contributed by atoms with E-state index in [0.717, 1.165) is 17.5 Å². The molecule has 0 atom stereocenters. The number of nitriles is 1. The van der Waals surface area contributed by atoms with Crippen molar-refractivity contribution in [2.24, 2.45) is 0 Å². The van der Waals surface area contributed by atoms with E-state index >= 15 is 0 Å². The minimum absolute atomic E-state index is 0.269. The topological polar surface area (TPSA) is 54.5 Å². The highest BCUT2D eigenvalue weighted by Gasteiger charge is 2.20. The zero-order valence-corrected chi connectivity index (χ0v) is 11.7. The highest BCUT2D eigenvalue weighted by Crippen LogP contribution is 2.28. The highest BCUT2D eigenvalue weighted by atomic mass is 32.2. The van der Waals surface area contributed by atoms with Crippen LogP contribution in [0.15, 0.2) is 29.8 Å². The molecule has 2 aromatic heterocycles. The molecule has 0 spiro atoms. The third-order valence-electron chi connectivity index (χ3n) is 2.79. The third-order valence-corrected chi connectivity index (χ3v) is 3.48. The number of rotatable bonds is 4. The van der Waals surface area contributed by atoms with Crippen molar-refractivity contribution in [2.75, 3.05) is 6.61 Å². The van der Waals surface area contributed by atoms with Crippen LogP contribution in [-0.4, -0.2) is 24.8 Å². The fourth-order valence-electron chi connectivity index (χ4n) is 1.95. The molecule has 2 aromatic rings. The Kier molecular flexibility index (Phi) is 4.21. The van der Waals surface area contributed by atoms with Gasteiger partial charge in [0.05, 0.1) is 12.2 Å². The van der Waals surface area contributed by atoms with E-state index in [1.807, 2.05) is 5.40 Å². The molecule has 2 radical (unpaired) electrons. The molecular weight excluding hydrogens is 271 g/mol. The normalized spacial score (nSPS) is 10.2. The first kappa shape index (κ1) is 14.3. The van der Waals surface area contributed by atoms with Crippen LogP contribution in [0.5, 0.6) is 0 Å². The summed E-state index contributed by atoms with van der Waals surface area (Å²) >= 11 is 0.895. The number of thioether (sulfide) groups is 1. The molecule has 98 valence electrons. The standard InChI is InChI=1S/C14H11BN2O2S/c1-3-9-5-6-11(15)12-7-10(14(18)19-4-2)13(17(9)12)20-8-16/h3,5-7H,1,4H2,2H3. The quantitative estimate of drug-likeness (QED) is 0.373. The van der Waals surface area contributed by atoms with Crippen molar-refractivity contribution in [1.82, 2.24) is 4.40 Å². The van der Waals surface area contributed by atoms with Crippen LogP contribution in [-0.2, 0) is 4.74 Å². The van der Waals surface area contributed by atoms with Gasteiger partial charge < -0.3 is 9.14 Å². The van der Waals surface area contributed by atoms with E-state index in [4.69, 9.17) is 17.8 Å². The van der Waals surface area contributed by atoms with E-state index < -0.39 is 5.97 Å². The predicted molar refractivity (Wildman–Crippen MR) is 80.3 cm³/mol. The van der Waals surface area contributed by atoms with Crippen LogP contribution in [0.1, 0.15) is 23.0 Å². The van der Waals surface area contributed by atoms with Gasteiger partial charge in [0.2, 0.25) is 0 Å². The van der Waals surface area contributed by atoms with Crippen molar-refractivity contribution in [3.05, 3.63) is 36.0 Å². The number of carbonyl (C=O) groups is 1. The van der Waals surface area contributed by atoms with Gasteiger partial charge in [0.15, 0.2) is 0 Å². The smallest absolute Gasteiger partial charge is 0.340 e. The molecule has 4 nitrogen and oxygen atoms in total. The summed E-state index contributed by atoms with van der Waals surface area (Å²) in [5.74, 6) is -0.469. The monoisotopic (exact) mass is 282 g/mol. The van der Waals surface area contributed by atoms with E-state index in [1.165, 1.54) is 0 Å². The highest BCUT2D eigenvalue weighted by molar-refractivity contribution is 8.03. The van der Waals surface area contributed by atoms with Crippen molar-refractivity contribution < 1.29 is 9.53 Å². The molecule has 0 N–H and O–H groups in total. The van der Waals surface area contributed by atoms with Crippen LogP contribution in [0, 0.1) is 10.7 Å². The van der Waals surface area contributed by atoms with E-state index in [-0.39, 0.29) is 6.61 Å². The van der Waals surface area contributed by atoms with Gasteiger partial charge in [-0.1, -0.05) is 18.1 Å². The number of esters is 1. The fraction of sp³-hybridized carbons (Fsp3) is 0.143. The van der Waals surface area contributed by atoms with Gasteiger partial charge in [-0.25, -0.2) is 4.79 Å². The Bertz CT molecular complexity index is 731. The number of aromatic nitrogens is 1. The van der Waals surface area contributed by atoms with E-state index in [0.29, 0.717) is 21.6 Å². The van der Waals surface area contributed by atoms with E-state index in [1.54, 1.807) is 35.6 Å². The average molecular weight is 282 g/mol. The summed E-state index contributed by atoms with van der Waals surface area (Å²) < 4.78 is 6.75. The number of hydrogen-bond acceptors (Lipinski definition) is 4.